The van der Waals surface area contributed by atoms with Gasteiger partial charge in [0, 0.05) is 12.0 Å². The summed E-state index contributed by atoms with van der Waals surface area (Å²) in [5, 5.41) is 19.2. The zero-order chi connectivity index (χ0) is 21.9. The summed E-state index contributed by atoms with van der Waals surface area (Å²) in [4.78, 5) is 4.89. The molecule has 7 heteroatoms. The maximum atomic E-state index is 4.89. The molecule has 0 saturated heterocycles. The molecule has 0 atom stereocenters. The van der Waals surface area contributed by atoms with Gasteiger partial charge in [0.15, 0.2) is 5.65 Å². The van der Waals surface area contributed by atoms with E-state index in [1.807, 2.05) is 28.9 Å². The predicted octanol–water partition coefficient (Wildman–Crippen LogP) is 4.68. The fourth-order valence-electron chi connectivity index (χ4n) is 4.08. The lowest BCUT2D eigenvalue weighted by atomic mass is 9.97. The highest BCUT2D eigenvalue weighted by Gasteiger charge is 2.15. The van der Waals surface area contributed by atoms with Gasteiger partial charge in [0.25, 0.3) is 0 Å². The van der Waals surface area contributed by atoms with E-state index in [1.54, 1.807) is 0 Å². The Labute approximate surface area is 186 Å². The van der Waals surface area contributed by atoms with Crippen LogP contribution in [0, 0.1) is 0 Å². The van der Waals surface area contributed by atoms with Crippen LogP contribution < -0.4 is 0 Å². The number of benzene rings is 2. The Hall–Kier alpha value is -3.87. The number of nitrogens with zero attached hydrogens (tertiary/aromatic N) is 6. The van der Waals surface area contributed by atoms with Crippen molar-refractivity contribution in [2.24, 2.45) is 0 Å². The van der Waals surface area contributed by atoms with Gasteiger partial charge in [-0.15, -0.1) is 10.2 Å². The molecule has 0 aliphatic heterocycles. The lowest BCUT2D eigenvalue weighted by molar-refractivity contribution is 0.826. The monoisotopic (exact) mass is 423 g/mol. The van der Waals surface area contributed by atoms with Crippen LogP contribution in [0.25, 0.3) is 28.2 Å². The number of H-pyrrole nitrogens is 1. The molecule has 0 spiro atoms. The molecule has 0 aliphatic rings. The van der Waals surface area contributed by atoms with E-state index < -0.39 is 0 Å². The fourth-order valence-corrected chi connectivity index (χ4v) is 4.08. The largest absolute Gasteiger partial charge is 0.232 e. The zero-order valence-corrected chi connectivity index (χ0v) is 18.3. The van der Waals surface area contributed by atoms with Gasteiger partial charge >= 0.3 is 0 Å². The number of aromatic amines is 1. The van der Waals surface area contributed by atoms with Crippen LogP contribution in [0.4, 0.5) is 0 Å². The van der Waals surface area contributed by atoms with Crippen molar-refractivity contribution >= 4 is 5.65 Å². The number of imidazole rings is 1. The van der Waals surface area contributed by atoms with E-state index in [9.17, 15) is 0 Å². The van der Waals surface area contributed by atoms with Crippen LogP contribution in [-0.2, 0) is 19.3 Å². The topological polar surface area (TPSA) is 84.6 Å². The maximum absolute atomic E-state index is 4.89. The second-order valence-corrected chi connectivity index (χ2v) is 7.90. The number of nitrogens with one attached hydrogen (secondary N) is 1. The third-order valence-corrected chi connectivity index (χ3v) is 5.75. The molecule has 1 N–H and O–H groups in total. The summed E-state index contributed by atoms with van der Waals surface area (Å²) in [5.74, 6) is 0.595. The van der Waals surface area contributed by atoms with Crippen LogP contribution in [0.3, 0.4) is 0 Å². The Kier molecular flexibility index (Phi) is 5.46. The molecule has 0 aliphatic carbocycles. The Bertz CT molecular complexity index is 1340. The average molecular weight is 424 g/mol. The summed E-state index contributed by atoms with van der Waals surface area (Å²) in [6.07, 6.45) is 5.72. The average Bonchev–Trinajstić information content (AvgIpc) is 3.48. The minimum absolute atomic E-state index is 0.595. The molecule has 7 nitrogen and oxygen atoms in total. The van der Waals surface area contributed by atoms with E-state index in [4.69, 9.17) is 4.98 Å². The molecule has 0 bridgehead atoms. The smallest absolute Gasteiger partial charge is 0.205 e. The number of fused-ring (bicyclic) bond motifs is 1. The Morgan fingerprint density at radius 2 is 1.75 bits per heavy atom. The van der Waals surface area contributed by atoms with Crippen molar-refractivity contribution in [2.45, 2.75) is 39.5 Å². The van der Waals surface area contributed by atoms with Gasteiger partial charge in [-0.05, 0) is 46.4 Å². The van der Waals surface area contributed by atoms with Crippen LogP contribution in [0.5, 0.6) is 0 Å². The van der Waals surface area contributed by atoms with E-state index in [0.29, 0.717) is 5.82 Å². The summed E-state index contributed by atoms with van der Waals surface area (Å²) < 4.78 is 2.00. The highest BCUT2D eigenvalue weighted by molar-refractivity contribution is 5.80. The number of aromatic nitrogens is 7. The molecule has 0 unspecified atom stereocenters. The van der Waals surface area contributed by atoms with E-state index in [-0.39, 0.29) is 0 Å². The first-order valence-corrected chi connectivity index (χ1v) is 11.0. The van der Waals surface area contributed by atoms with Crippen LogP contribution in [0.15, 0.2) is 60.8 Å². The molecule has 0 amide bonds. The zero-order valence-electron chi connectivity index (χ0n) is 18.3. The maximum Gasteiger partial charge on any atom is 0.205 e. The number of hydrogen-bond acceptors (Lipinski definition) is 5. The molecule has 0 saturated carbocycles. The van der Waals surface area contributed by atoms with Gasteiger partial charge in [0.1, 0.15) is 0 Å². The number of hydrogen-bond donors (Lipinski definition) is 1. The molecule has 3 aromatic heterocycles. The van der Waals surface area contributed by atoms with Crippen molar-refractivity contribution in [3.05, 3.63) is 83.3 Å². The second kappa shape index (κ2) is 8.70. The minimum Gasteiger partial charge on any atom is -0.232 e. The van der Waals surface area contributed by atoms with Crippen LogP contribution in [0.1, 0.15) is 42.8 Å². The van der Waals surface area contributed by atoms with Gasteiger partial charge in [0.05, 0.1) is 17.6 Å². The third kappa shape index (κ3) is 3.77. The van der Waals surface area contributed by atoms with Crippen LogP contribution >= 0.6 is 0 Å². The van der Waals surface area contributed by atoms with Gasteiger partial charge in [0.2, 0.25) is 5.82 Å². The van der Waals surface area contributed by atoms with Crippen LogP contribution in [-0.4, -0.2) is 35.2 Å². The molecule has 5 aromatic rings. The quantitative estimate of drug-likeness (QED) is 0.411. The van der Waals surface area contributed by atoms with Gasteiger partial charge in [-0.1, -0.05) is 68.8 Å². The molecule has 0 fully saturated rings. The lowest BCUT2D eigenvalue weighted by Crippen LogP contribution is -2.02. The van der Waals surface area contributed by atoms with Crippen molar-refractivity contribution in [3.8, 4) is 22.5 Å². The summed E-state index contributed by atoms with van der Waals surface area (Å²) in [5.41, 5.74) is 8.84. The highest BCUT2D eigenvalue weighted by Crippen LogP contribution is 2.30. The molecule has 0 radical (unpaired) electrons. The minimum atomic E-state index is 0.595. The summed E-state index contributed by atoms with van der Waals surface area (Å²) in [6, 6.07) is 18.9. The number of aryl methyl sites for hydroxylation is 2. The lowest BCUT2D eigenvalue weighted by Gasteiger charge is -2.09. The number of rotatable bonds is 7. The van der Waals surface area contributed by atoms with Crippen molar-refractivity contribution in [1.82, 2.24) is 35.2 Å². The van der Waals surface area contributed by atoms with E-state index in [2.05, 4.69) is 76.0 Å². The third-order valence-electron chi connectivity index (χ3n) is 5.75. The Morgan fingerprint density at radius 1 is 0.938 bits per heavy atom. The summed E-state index contributed by atoms with van der Waals surface area (Å²) in [7, 11) is 0. The molecule has 2 aromatic carbocycles. The Morgan fingerprint density at radius 3 is 2.47 bits per heavy atom. The first-order valence-electron chi connectivity index (χ1n) is 11.0. The summed E-state index contributed by atoms with van der Waals surface area (Å²) >= 11 is 0. The van der Waals surface area contributed by atoms with E-state index in [1.165, 1.54) is 16.8 Å². The molecular weight excluding hydrogens is 398 g/mol. The fraction of sp³-hybridized carbons (Fsp3) is 0.240. The van der Waals surface area contributed by atoms with Gasteiger partial charge in [-0.25, -0.2) is 9.50 Å². The van der Waals surface area contributed by atoms with Crippen molar-refractivity contribution in [1.29, 1.82) is 0 Å². The van der Waals surface area contributed by atoms with Gasteiger partial charge in [-0.2, -0.15) is 10.3 Å². The van der Waals surface area contributed by atoms with Crippen molar-refractivity contribution < 1.29 is 0 Å². The SMILES string of the molecule is CCCc1nc2cc(CC)cnn2c1Cc1ccc(-c2ccccc2-c2nn[nH]n2)cc1. The number of tetrazole rings is 1. The first kappa shape index (κ1) is 20.1. The van der Waals surface area contributed by atoms with Gasteiger partial charge in [-0.3, -0.25) is 0 Å². The summed E-state index contributed by atoms with van der Waals surface area (Å²) in [6.45, 7) is 4.33. The van der Waals surface area contributed by atoms with Gasteiger partial charge < -0.3 is 0 Å². The Balaban J connectivity index is 1.48. The van der Waals surface area contributed by atoms with Crippen LogP contribution in [0.2, 0.25) is 0 Å². The molecule has 3 heterocycles. The molecule has 5 rings (SSSR count). The predicted molar refractivity (Wildman–Crippen MR) is 124 cm³/mol. The van der Waals surface area contributed by atoms with E-state index in [0.717, 1.165) is 53.7 Å². The standard InChI is InChI=1S/C25H25N7/c1-3-7-22-23(32-24(27-22)15-17(4-2)16-26-32)14-18-10-12-19(13-11-18)20-8-5-6-9-21(20)25-28-30-31-29-25/h5-6,8-13,15-16H,3-4,7,14H2,1-2H3,(H,28,29,30,31). The van der Waals surface area contributed by atoms with E-state index >= 15 is 0 Å². The molecule has 32 heavy (non-hydrogen) atoms. The van der Waals surface area contributed by atoms with Crippen molar-refractivity contribution in [3.63, 3.8) is 0 Å². The molecular formula is C25H25N7. The molecule has 160 valence electrons. The second-order valence-electron chi connectivity index (χ2n) is 7.90. The highest BCUT2D eigenvalue weighted by atomic mass is 15.5. The van der Waals surface area contributed by atoms with Crippen molar-refractivity contribution in [2.75, 3.05) is 0 Å². The normalized spacial score (nSPS) is 11.3. The first-order chi connectivity index (χ1) is 15.8.